The van der Waals surface area contributed by atoms with E-state index in [2.05, 4.69) is 25.8 Å². The molecule has 0 spiro atoms. The van der Waals surface area contributed by atoms with Gasteiger partial charge in [0.25, 0.3) is 10.0 Å². The van der Waals surface area contributed by atoms with E-state index in [1.165, 1.54) is 18.2 Å². The quantitative estimate of drug-likeness (QED) is 0.683. The Hall–Kier alpha value is -1.71. The van der Waals surface area contributed by atoms with Gasteiger partial charge in [0.05, 0.1) is 16.3 Å². The van der Waals surface area contributed by atoms with Crippen LogP contribution in [-0.4, -0.2) is 13.6 Å². The zero-order valence-corrected chi connectivity index (χ0v) is 14.9. The van der Waals surface area contributed by atoms with Gasteiger partial charge in [-0.15, -0.1) is 11.3 Å². The van der Waals surface area contributed by atoms with Gasteiger partial charge in [-0.3, -0.25) is 4.72 Å². The van der Waals surface area contributed by atoms with Gasteiger partial charge in [0, 0.05) is 10.5 Å². The molecule has 0 bridgehead atoms. The fraction of sp³-hybridized carbons (Fsp3) is 0.0714. The lowest BCUT2D eigenvalue weighted by Gasteiger charge is -2.07. The number of aryl methyl sites for hydroxylation is 1. The maximum Gasteiger partial charge on any atom is 0.271 e. The topological polar surface area (TPSA) is 72.2 Å². The molecule has 0 fully saturated rings. The van der Waals surface area contributed by atoms with Gasteiger partial charge in [-0.05, 0) is 37.3 Å². The summed E-state index contributed by atoms with van der Waals surface area (Å²) in [6.07, 6.45) is 0. The predicted molar refractivity (Wildman–Crippen MR) is 89.5 cm³/mol. The van der Waals surface area contributed by atoms with Crippen molar-refractivity contribution in [2.45, 2.75) is 11.1 Å². The Labute approximate surface area is 144 Å². The molecule has 0 atom stereocenters. The third-order valence-corrected chi connectivity index (χ3v) is 6.34. The van der Waals surface area contributed by atoms with Crippen LogP contribution in [0.25, 0.3) is 10.6 Å². The van der Waals surface area contributed by atoms with Crippen molar-refractivity contribution in [1.82, 2.24) is 5.16 Å². The van der Waals surface area contributed by atoms with Gasteiger partial charge in [0.15, 0.2) is 5.76 Å². The highest BCUT2D eigenvalue weighted by atomic mass is 79.9. The second-order valence-corrected chi connectivity index (χ2v) is 8.59. The van der Waals surface area contributed by atoms with Crippen molar-refractivity contribution < 1.29 is 17.3 Å². The normalized spacial score (nSPS) is 11.6. The Kier molecular flexibility index (Phi) is 4.26. The van der Waals surface area contributed by atoms with Crippen molar-refractivity contribution in [2.24, 2.45) is 0 Å². The predicted octanol–water partition coefficient (Wildman–Crippen LogP) is 4.41. The first-order valence-electron chi connectivity index (χ1n) is 6.36. The largest absolute Gasteiger partial charge is 0.355 e. The van der Waals surface area contributed by atoms with Gasteiger partial charge < -0.3 is 4.52 Å². The average molecular weight is 417 g/mol. The van der Waals surface area contributed by atoms with Gasteiger partial charge in [-0.25, -0.2) is 12.8 Å². The summed E-state index contributed by atoms with van der Waals surface area (Å²) in [5.74, 6) is -0.172. The van der Waals surface area contributed by atoms with Gasteiger partial charge in [-0.1, -0.05) is 21.1 Å². The van der Waals surface area contributed by atoms with Crippen LogP contribution in [0.5, 0.6) is 0 Å². The summed E-state index contributed by atoms with van der Waals surface area (Å²) in [6, 6.07) is 8.87. The number of anilines is 1. The molecule has 3 rings (SSSR count). The Morgan fingerprint density at radius 3 is 2.70 bits per heavy atom. The van der Waals surface area contributed by atoms with Crippen LogP contribution in [0.15, 0.2) is 49.6 Å². The molecule has 3 aromatic rings. The van der Waals surface area contributed by atoms with Crippen molar-refractivity contribution in [3.05, 3.63) is 52.4 Å². The number of aromatic nitrogens is 1. The van der Waals surface area contributed by atoms with E-state index in [1.807, 2.05) is 0 Å². The van der Waals surface area contributed by atoms with E-state index in [1.54, 1.807) is 25.1 Å². The molecule has 1 aromatic carbocycles. The van der Waals surface area contributed by atoms with E-state index in [0.29, 0.717) is 20.8 Å². The SMILES string of the molecule is Cc1cc(-c2ccc(S(=O)(=O)Nc3ccc(Br)cc3F)s2)on1. The van der Waals surface area contributed by atoms with Crippen LogP contribution in [0.3, 0.4) is 0 Å². The monoisotopic (exact) mass is 416 g/mol. The number of hydrogen-bond acceptors (Lipinski definition) is 5. The van der Waals surface area contributed by atoms with Gasteiger partial charge >= 0.3 is 0 Å². The number of sulfonamides is 1. The molecule has 2 aromatic heterocycles. The van der Waals surface area contributed by atoms with Crippen molar-refractivity contribution >= 4 is 43.0 Å². The Morgan fingerprint density at radius 2 is 2.04 bits per heavy atom. The lowest BCUT2D eigenvalue weighted by molar-refractivity contribution is 0.428. The van der Waals surface area contributed by atoms with Crippen LogP contribution >= 0.6 is 27.3 Å². The number of rotatable bonds is 4. The van der Waals surface area contributed by atoms with E-state index in [4.69, 9.17) is 4.52 Å². The summed E-state index contributed by atoms with van der Waals surface area (Å²) >= 11 is 4.14. The minimum absolute atomic E-state index is 0.0591. The molecule has 9 heteroatoms. The van der Waals surface area contributed by atoms with Gasteiger partial charge in [0.2, 0.25) is 0 Å². The molecule has 0 aliphatic heterocycles. The van der Waals surface area contributed by atoms with Gasteiger partial charge in [0.1, 0.15) is 10.0 Å². The third-order valence-electron chi connectivity index (χ3n) is 2.89. The van der Waals surface area contributed by atoms with E-state index >= 15 is 0 Å². The molecule has 0 aliphatic carbocycles. The lowest BCUT2D eigenvalue weighted by atomic mass is 10.3. The minimum atomic E-state index is -3.88. The molecule has 0 radical (unpaired) electrons. The summed E-state index contributed by atoms with van der Waals surface area (Å²) in [4.78, 5) is 0.627. The molecule has 0 unspecified atom stereocenters. The number of benzene rings is 1. The van der Waals surface area contributed by atoms with E-state index in [9.17, 15) is 12.8 Å². The number of nitrogens with zero attached hydrogens (tertiary/aromatic N) is 1. The van der Waals surface area contributed by atoms with E-state index in [0.717, 1.165) is 11.3 Å². The molecule has 5 nitrogen and oxygen atoms in total. The fourth-order valence-electron chi connectivity index (χ4n) is 1.84. The fourth-order valence-corrected chi connectivity index (χ4v) is 4.50. The summed E-state index contributed by atoms with van der Waals surface area (Å²) in [6.45, 7) is 1.77. The zero-order chi connectivity index (χ0) is 16.6. The van der Waals surface area contributed by atoms with Crippen molar-refractivity contribution in [3.63, 3.8) is 0 Å². The molecular formula is C14H10BrFN2O3S2. The van der Waals surface area contributed by atoms with Crippen LogP contribution in [0.1, 0.15) is 5.69 Å². The molecule has 0 aliphatic rings. The van der Waals surface area contributed by atoms with Gasteiger partial charge in [-0.2, -0.15) is 0 Å². The highest BCUT2D eigenvalue weighted by Gasteiger charge is 2.20. The Balaban J connectivity index is 1.89. The van der Waals surface area contributed by atoms with Crippen LogP contribution in [0.4, 0.5) is 10.1 Å². The Morgan fingerprint density at radius 1 is 1.26 bits per heavy atom. The van der Waals surface area contributed by atoms with Crippen LogP contribution < -0.4 is 4.72 Å². The van der Waals surface area contributed by atoms with Crippen LogP contribution in [0, 0.1) is 12.7 Å². The molecule has 0 amide bonds. The summed E-state index contributed by atoms with van der Waals surface area (Å²) < 4.78 is 46.5. The molecule has 0 saturated carbocycles. The zero-order valence-electron chi connectivity index (χ0n) is 11.7. The molecular weight excluding hydrogens is 407 g/mol. The third kappa shape index (κ3) is 3.46. The number of halogens is 2. The standard InChI is InChI=1S/C14H10BrFN2O3S2/c1-8-6-12(21-17-8)13-4-5-14(22-13)23(19,20)18-11-3-2-9(15)7-10(11)16/h2-7,18H,1H3. The second kappa shape index (κ2) is 6.06. The highest BCUT2D eigenvalue weighted by molar-refractivity contribution is 9.10. The maximum absolute atomic E-state index is 13.8. The first-order valence-corrected chi connectivity index (χ1v) is 9.46. The molecule has 0 saturated heterocycles. The molecule has 23 heavy (non-hydrogen) atoms. The maximum atomic E-state index is 13.8. The molecule has 2 heterocycles. The smallest absolute Gasteiger partial charge is 0.271 e. The van der Waals surface area contributed by atoms with E-state index < -0.39 is 15.8 Å². The van der Waals surface area contributed by atoms with Crippen molar-refractivity contribution in [1.29, 1.82) is 0 Å². The first kappa shape index (κ1) is 16.2. The van der Waals surface area contributed by atoms with Crippen LogP contribution in [0.2, 0.25) is 0 Å². The van der Waals surface area contributed by atoms with Crippen LogP contribution in [-0.2, 0) is 10.0 Å². The summed E-state index contributed by atoms with van der Waals surface area (Å²) in [7, 11) is -3.88. The lowest BCUT2D eigenvalue weighted by Crippen LogP contribution is -2.12. The average Bonchev–Trinajstić information content (AvgIpc) is 3.10. The summed E-state index contributed by atoms with van der Waals surface area (Å²) in [5.41, 5.74) is 0.589. The number of nitrogens with one attached hydrogen (secondary N) is 1. The van der Waals surface area contributed by atoms with Crippen molar-refractivity contribution in [2.75, 3.05) is 4.72 Å². The summed E-state index contributed by atoms with van der Waals surface area (Å²) in [5, 5.41) is 3.76. The van der Waals surface area contributed by atoms with E-state index in [-0.39, 0.29) is 9.90 Å². The van der Waals surface area contributed by atoms with Crippen molar-refractivity contribution in [3.8, 4) is 10.6 Å². The minimum Gasteiger partial charge on any atom is -0.355 e. The number of hydrogen-bond donors (Lipinski definition) is 1. The number of thiophene rings is 1. The second-order valence-electron chi connectivity index (χ2n) is 4.68. The Bertz CT molecular complexity index is 966. The molecule has 120 valence electrons. The molecule has 1 N–H and O–H groups in total. The first-order chi connectivity index (χ1) is 10.8. The highest BCUT2D eigenvalue weighted by Crippen LogP contribution is 2.32.